The van der Waals surface area contributed by atoms with Crippen molar-refractivity contribution in [3.8, 4) is 5.75 Å². The largest absolute Gasteiger partial charge is 0.486 e. The van der Waals surface area contributed by atoms with Crippen LogP contribution in [0.1, 0.15) is 34.2 Å². The standard InChI is InChI=1S/C21H24N4O4S2/c1-5-25-17(11-29-15-9-13(2)8-14(3)10-15)23-24-21(25)31-12-18(26)22-19-16(6-7-30-19)20(27)28-4/h6-10H,5,11-12H2,1-4H3,(H,22,26). The molecule has 164 valence electrons. The fraction of sp³-hybridized carbons (Fsp3) is 0.333. The Labute approximate surface area is 189 Å². The zero-order valence-electron chi connectivity index (χ0n) is 17.8. The highest BCUT2D eigenvalue weighted by Gasteiger charge is 2.17. The lowest BCUT2D eigenvalue weighted by atomic mass is 10.1. The van der Waals surface area contributed by atoms with Gasteiger partial charge in [0.15, 0.2) is 11.0 Å². The van der Waals surface area contributed by atoms with Crippen LogP contribution in [-0.4, -0.2) is 39.5 Å². The third-order valence-corrected chi connectivity index (χ3v) is 6.13. The number of esters is 1. The van der Waals surface area contributed by atoms with Crippen LogP contribution in [0.15, 0.2) is 34.8 Å². The summed E-state index contributed by atoms with van der Waals surface area (Å²) >= 11 is 2.55. The van der Waals surface area contributed by atoms with E-state index in [9.17, 15) is 9.59 Å². The Morgan fingerprint density at radius 3 is 2.61 bits per heavy atom. The number of carbonyl (C=O) groups excluding carboxylic acids is 2. The van der Waals surface area contributed by atoms with Crippen LogP contribution < -0.4 is 10.1 Å². The molecule has 3 rings (SSSR count). The average molecular weight is 461 g/mol. The average Bonchev–Trinajstić information content (AvgIpc) is 3.35. The number of rotatable bonds is 9. The molecule has 31 heavy (non-hydrogen) atoms. The maximum atomic E-state index is 12.4. The van der Waals surface area contributed by atoms with Crippen molar-refractivity contribution in [3.05, 3.63) is 52.2 Å². The number of anilines is 1. The van der Waals surface area contributed by atoms with Gasteiger partial charge in [0.1, 0.15) is 17.4 Å². The van der Waals surface area contributed by atoms with Crippen molar-refractivity contribution in [3.63, 3.8) is 0 Å². The summed E-state index contributed by atoms with van der Waals surface area (Å²) in [6.07, 6.45) is 0. The number of benzene rings is 1. The summed E-state index contributed by atoms with van der Waals surface area (Å²) < 4.78 is 12.5. The van der Waals surface area contributed by atoms with E-state index in [0.717, 1.165) is 16.9 Å². The van der Waals surface area contributed by atoms with Crippen LogP contribution in [-0.2, 0) is 22.7 Å². The number of nitrogens with zero attached hydrogens (tertiary/aromatic N) is 3. The Bertz CT molecular complexity index is 1060. The first kappa shape index (κ1) is 22.8. The van der Waals surface area contributed by atoms with Crippen LogP contribution in [0.2, 0.25) is 0 Å². The van der Waals surface area contributed by atoms with E-state index in [2.05, 4.69) is 21.6 Å². The molecular weight excluding hydrogens is 436 g/mol. The first-order chi connectivity index (χ1) is 14.9. The molecule has 1 amide bonds. The van der Waals surface area contributed by atoms with Crippen molar-refractivity contribution in [2.45, 2.75) is 39.1 Å². The molecule has 0 saturated heterocycles. The number of amides is 1. The number of aromatic nitrogens is 3. The van der Waals surface area contributed by atoms with Crippen LogP contribution in [0, 0.1) is 13.8 Å². The predicted molar refractivity (Wildman–Crippen MR) is 121 cm³/mol. The number of nitrogens with one attached hydrogen (secondary N) is 1. The van der Waals surface area contributed by atoms with Crippen molar-refractivity contribution in [2.24, 2.45) is 0 Å². The van der Waals surface area contributed by atoms with Gasteiger partial charge < -0.3 is 19.4 Å². The number of methoxy groups -OCH3 is 1. The first-order valence-electron chi connectivity index (χ1n) is 9.62. The van der Waals surface area contributed by atoms with Crippen LogP contribution in [0.3, 0.4) is 0 Å². The minimum absolute atomic E-state index is 0.134. The molecule has 3 aromatic rings. The second-order valence-corrected chi connectivity index (χ2v) is 8.61. The Kier molecular flexibility index (Phi) is 7.69. The number of thiophene rings is 1. The van der Waals surface area contributed by atoms with Crippen molar-refractivity contribution in [2.75, 3.05) is 18.2 Å². The van der Waals surface area contributed by atoms with Crippen LogP contribution in [0.4, 0.5) is 5.00 Å². The molecule has 1 N–H and O–H groups in total. The Balaban J connectivity index is 1.60. The minimum atomic E-state index is -0.483. The number of thioether (sulfide) groups is 1. The third kappa shape index (κ3) is 5.86. The number of ether oxygens (including phenoxy) is 2. The molecule has 0 spiro atoms. The van der Waals surface area contributed by atoms with Gasteiger partial charge in [-0.15, -0.1) is 21.5 Å². The number of aryl methyl sites for hydroxylation is 2. The molecule has 10 heteroatoms. The lowest BCUT2D eigenvalue weighted by molar-refractivity contribution is -0.113. The summed E-state index contributed by atoms with van der Waals surface area (Å²) in [5.74, 6) is 0.888. The van der Waals surface area contributed by atoms with Crippen LogP contribution >= 0.6 is 23.1 Å². The van der Waals surface area contributed by atoms with Gasteiger partial charge in [-0.1, -0.05) is 17.8 Å². The van der Waals surface area contributed by atoms with Crippen LogP contribution in [0.5, 0.6) is 5.75 Å². The van der Waals surface area contributed by atoms with Gasteiger partial charge in [0, 0.05) is 6.54 Å². The Morgan fingerprint density at radius 1 is 1.19 bits per heavy atom. The highest BCUT2D eigenvalue weighted by molar-refractivity contribution is 7.99. The topological polar surface area (TPSA) is 95.3 Å². The van der Waals surface area contributed by atoms with Gasteiger partial charge in [0.2, 0.25) is 5.91 Å². The maximum Gasteiger partial charge on any atom is 0.340 e. The van der Waals surface area contributed by atoms with E-state index >= 15 is 0 Å². The smallest absolute Gasteiger partial charge is 0.340 e. The zero-order chi connectivity index (χ0) is 22.4. The number of hydrogen-bond donors (Lipinski definition) is 1. The molecule has 0 radical (unpaired) electrons. The Morgan fingerprint density at radius 2 is 1.94 bits per heavy atom. The summed E-state index contributed by atoms with van der Waals surface area (Å²) in [7, 11) is 1.31. The molecule has 2 aromatic heterocycles. The SMILES string of the molecule is CCn1c(COc2cc(C)cc(C)c2)nnc1SCC(=O)Nc1sccc1C(=O)OC. The van der Waals surface area contributed by atoms with Gasteiger partial charge in [0.25, 0.3) is 0 Å². The van der Waals surface area contributed by atoms with E-state index in [-0.39, 0.29) is 18.3 Å². The van der Waals surface area contributed by atoms with Crippen molar-refractivity contribution in [1.82, 2.24) is 14.8 Å². The van der Waals surface area contributed by atoms with Gasteiger partial charge in [-0.25, -0.2) is 4.79 Å². The minimum Gasteiger partial charge on any atom is -0.486 e. The van der Waals surface area contributed by atoms with Crippen LogP contribution in [0.25, 0.3) is 0 Å². The molecule has 1 aromatic carbocycles. The lowest BCUT2D eigenvalue weighted by Crippen LogP contribution is -2.16. The highest BCUT2D eigenvalue weighted by Crippen LogP contribution is 2.25. The quantitative estimate of drug-likeness (QED) is 0.380. The van der Waals surface area contributed by atoms with Crippen molar-refractivity contribution in [1.29, 1.82) is 0 Å². The predicted octanol–water partition coefficient (Wildman–Crippen LogP) is 4.07. The van der Waals surface area contributed by atoms with Gasteiger partial charge >= 0.3 is 5.97 Å². The van der Waals surface area contributed by atoms with E-state index in [1.807, 2.05) is 37.5 Å². The molecule has 8 nitrogen and oxygen atoms in total. The molecule has 0 fully saturated rings. The lowest BCUT2D eigenvalue weighted by Gasteiger charge is -2.10. The highest BCUT2D eigenvalue weighted by atomic mass is 32.2. The van der Waals surface area contributed by atoms with E-state index in [0.29, 0.717) is 28.1 Å². The van der Waals surface area contributed by atoms with E-state index in [4.69, 9.17) is 9.47 Å². The molecule has 0 unspecified atom stereocenters. The second kappa shape index (κ2) is 10.5. The monoisotopic (exact) mass is 460 g/mol. The normalized spacial score (nSPS) is 10.7. The van der Waals surface area contributed by atoms with Gasteiger partial charge in [-0.2, -0.15) is 0 Å². The van der Waals surface area contributed by atoms with E-state index < -0.39 is 5.97 Å². The van der Waals surface area contributed by atoms with Gasteiger partial charge in [-0.05, 0) is 55.5 Å². The van der Waals surface area contributed by atoms with E-state index in [1.165, 1.54) is 30.2 Å². The number of hydrogen-bond acceptors (Lipinski definition) is 8. The second-order valence-electron chi connectivity index (χ2n) is 6.75. The fourth-order valence-corrected chi connectivity index (χ4v) is 4.60. The molecule has 0 aliphatic rings. The maximum absolute atomic E-state index is 12.4. The zero-order valence-corrected chi connectivity index (χ0v) is 19.4. The summed E-state index contributed by atoms with van der Waals surface area (Å²) in [6, 6.07) is 7.67. The summed E-state index contributed by atoms with van der Waals surface area (Å²) in [5, 5.41) is 14.0. The molecule has 0 aliphatic carbocycles. The molecule has 0 bridgehead atoms. The molecule has 0 saturated carbocycles. The molecule has 0 aliphatic heterocycles. The molecular formula is C21H24N4O4S2. The molecule has 0 atom stereocenters. The van der Waals surface area contributed by atoms with Gasteiger partial charge in [0.05, 0.1) is 18.4 Å². The first-order valence-corrected chi connectivity index (χ1v) is 11.5. The van der Waals surface area contributed by atoms with Crippen molar-refractivity contribution < 1.29 is 19.1 Å². The summed E-state index contributed by atoms with van der Waals surface area (Å²) in [5.41, 5.74) is 2.61. The fourth-order valence-electron chi connectivity index (χ4n) is 2.98. The summed E-state index contributed by atoms with van der Waals surface area (Å²) in [4.78, 5) is 24.1. The molecule has 2 heterocycles. The van der Waals surface area contributed by atoms with Gasteiger partial charge in [-0.3, -0.25) is 4.79 Å². The Hall–Kier alpha value is -2.85. The summed E-state index contributed by atoms with van der Waals surface area (Å²) in [6.45, 7) is 6.98. The number of carbonyl (C=O) groups is 2. The van der Waals surface area contributed by atoms with Crippen molar-refractivity contribution >= 4 is 40.0 Å². The third-order valence-electron chi connectivity index (χ3n) is 4.33. The van der Waals surface area contributed by atoms with E-state index in [1.54, 1.807) is 11.4 Å².